The maximum Gasteiger partial charge on any atom is 0.0701 e. The topological polar surface area (TPSA) is 21.3 Å². The summed E-state index contributed by atoms with van der Waals surface area (Å²) in [5, 5.41) is 3.45. The second kappa shape index (κ2) is 2.89. The van der Waals surface area contributed by atoms with Crippen LogP contribution in [0.3, 0.4) is 0 Å². The van der Waals surface area contributed by atoms with Crippen LogP contribution in [0.25, 0.3) is 0 Å². The first kappa shape index (κ1) is 8.02. The van der Waals surface area contributed by atoms with Crippen LogP contribution < -0.4 is 5.32 Å². The molecule has 60 valence electrons. The Balaban J connectivity index is 2.46. The molecule has 1 aliphatic heterocycles. The number of rotatable bonds is 0. The first-order chi connectivity index (χ1) is 4.61. The molecule has 0 amide bonds. The van der Waals surface area contributed by atoms with Crippen molar-refractivity contribution in [3.8, 4) is 0 Å². The van der Waals surface area contributed by atoms with Crippen molar-refractivity contribution in [3.63, 3.8) is 0 Å². The highest BCUT2D eigenvalue weighted by Crippen LogP contribution is 2.12. The Hall–Kier alpha value is -0.0800. The van der Waals surface area contributed by atoms with Gasteiger partial charge in [0.15, 0.2) is 0 Å². The monoisotopic (exact) mass is 143 g/mol. The molecule has 0 spiro atoms. The third kappa shape index (κ3) is 1.50. The van der Waals surface area contributed by atoms with Crippen LogP contribution >= 0.6 is 0 Å². The minimum Gasteiger partial charge on any atom is -0.372 e. The zero-order valence-electron chi connectivity index (χ0n) is 7.22. The summed E-state index contributed by atoms with van der Waals surface area (Å²) < 4.78 is 5.65. The zero-order valence-corrected chi connectivity index (χ0v) is 7.22. The van der Waals surface area contributed by atoms with Crippen LogP contribution in [-0.4, -0.2) is 24.3 Å². The Bertz CT molecular complexity index is 89.8. The molecule has 1 N–H and O–H groups in total. The molecule has 2 nitrogen and oxygen atoms in total. The summed E-state index contributed by atoms with van der Waals surface area (Å²) >= 11 is 0. The summed E-state index contributed by atoms with van der Waals surface area (Å²) in [6, 6.07) is 0.984. The summed E-state index contributed by atoms with van der Waals surface area (Å²) in [7, 11) is 0. The standard InChI is InChI=1S/C8H17NO/c1-5-7(3)10-8(4)6(2)9-5/h5-9H,1-4H3/t5-,6-,7-,8-/m1/s1. The molecular formula is C8H17NO. The minimum atomic E-state index is 0.353. The molecular weight excluding hydrogens is 126 g/mol. The van der Waals surface area contributed by atoms with Gasteiger partial charge in [0.1, 0.15) is 0 Å². The van der Waals surface area contributed by atoms with E-state index in [2.05, 4.69) is 33.0 Å². The van der Waals surface area contributed by atoms with Gasteiger partial charge in [-0.2, -0.15) is 0 Å². The van der Waals surface area contributed by atoms with Crippen molar-refractivity contribution >= 4 is 0 Å². The molecule has 0 aromatic heterocycles. The third-order valence-electron chi connectivity index (χ3n) is 2.36. The first-order valence-corrected chi connectivity index (χ1v) is 4.02. The van der Waals surface area contributed by atoms with Crippen molar-refractivity contribution < 1.29 is 4.74 Å². The Morgan fingerprint density at radius 1 is 0.900 bits per heavy atom. The van der Waals surface area contributed by atoms with Crippen LogP contribution in [-0.2, 0) is 4.74 Å². The summed E-state index contributed by atoms with van der Waals surface area (Å²) in [6.07, 6.45) is 0.706. The van der Waals surface area contributed by atoms with E-state index in [4.69, 9.17) is 4.74 Å². The van der Waals surface area contributed by atoms with E-state index in [1.807, 2.05) is 0 Å². The molecule has 1 fully saturated rings. The summed E-state index contributed by atoms with van der Waals surface area (Å²) in [5.74, 6) is 0. The maximum atomic E-state index is 5.65. The largest absolute Gasteiger partial charge is 0.372 e. The molecule has 0 aromatic carbocycles. The van der Waals surface area contributed by atoms with E-state index < -0.39 is 0 Å². The van der Waals surface area contributed by atoms with Crippen molar-refractivity contribution in [1.29, 1.82) is 0 Å². The van der Waals surface area contributed by atoms with Gasteiger partial charge < -0.3 is 10.1 Å². The molecule has 0 saturated carbocycles. The van der Waals surface area contributed by atoms with Crippen molar-refractivity contribution in [2.45, 2.75) is 52.0 Å². The minimum absolute atomic E-state index is 0.353. The van der Waals surface area contributed by atoms with Gasteiger partial charge in [0.05, 0.1) is 12.2 Å². The molecule has 1 rings (SSSR count). The van der Waals surface area contributed by atoms with Crippen molar-refractivity contribution in [3.05, 3.63) is 0 Å². The van der Waals surface area contributed by atoms with Gasteiger partial charge in [-0.1, -0.05) is 0 Å². The second-order valence-corrected chi connectivity index (χ2v) is 3.29. The highest BCUT2D eigenvalue weighted by atomic mass is 16.5. The maximum absolute atomic E-state index is 5.65. The lowest BCUT2D eigenvalue weighted by Gasteiger charge is -2.37. The van der Waals surface area contributed by atoms with Gasteiger partial charge in [0.25, 0.3) is 0 Å². The summed E-state index contributed by atoms with van der Waals surface area (Å²) in [4.78, 5) is 0. The quantitative estimate of drug-likeness (QED) is 0.549. The lowest BCUT2D eigenvalue weighted by atomic mass is 10.1. The van der Waals surface area contributed by atoms with Crippen LogP contribution in [0, 0.1) is 0 Å². The molecule has 0 aromatic rings. The molecule has 1 heterocycles. The van der Waals surface area contributed by atoms with Gasteiger partial charge in [-0.05, 0) is 27.7 Å². The molecule has 0 unspecified atom stereocenters. The van der Waals surface area contributed by atoms with Crippen LogP contribution in [0.5, 0.6) is 0 Å². The molecule has 1 saturated heterocycles. The Labute approximate surface area is 63.0 Å². The van der Waals surface area contributed by atoms with Gasteiger partial charge >= 0.3 is 0 Å². The highest BCUT2D eigenvalue weighted by molar-refractivity contribution is 4.82. The van der Waals surface area contributed by atoms with Gasteiger partial charge in [0.2, 0.25) is 0 Å². The van der Waals surface area contributed by atoms with Gasteiger partial charge in [0, 0.05) is 12.1 Å². The molecule has 0 bridgehead atoms. The number of hydrogen-bond donors (Lipinski definition) is 1. The average Bonchev–Trinajstić information content (AvgIpc) is 1.84. The molecule has 1 aliphatic rings. The van der Waals surface area contributed by atoms with Gasteiger partial charge in [-0.25, -0.2) is 0 Å². The van der Waals surface area contributed by atoms with Crippen LogP contribution in [0.1, 0.15) is 27.7 Å². The fourth-order valence-corrected chi connectivity index (χ4v) is 1.26. The molecule has 2 heteroatoms. The number of morpholine rings is 1. The van der Waals surface area contributed by atoms with Crippen LogP contribution in [0.15, 0.2) is 0 Å². The van der Waals surface area contributed by atoms with E-state index >= 15 is 0 Å². The van der Waals surface area contributed by atoms with Gasteiger partial charge in [-0.3, -0.25) is 0 Å². The Morgan fingerprint density at radius 2 is 1.30 bits per heavy atom. The van der Waals surface area contributed by atoms with E-state index in [9.17, 15) is 0 Å². The Kier molecular flexibility index (Phi) is 2.32. The predicted molar refractivity (Wildman–Crippen MR) is 42.1 cm³/mol. The first-order valence-electron chi connectivity index (χ1n) is 4.02. The normalized spacial score (nSPS) is 49.2. The van der Waals surface area contributed by atoms with Crippen LogP contribution in [0.4, 0.5) is 0 Å². The van der Waals surface area contributed by atoms with E-state index in [0.29, 0.717) is 24.3 Å². The summed E-state index contributed by atoms with van der Waals surface area (Å²) in [6.45, 7) is 8.54. The predicted octanol–water partition coefficient (Wildman–Crippen LogP) is 1.16. The SMILES string of the molecule is C[C@H]1N[C@H](C)[C@@H](C)O[C@@H]1C. The molecule has 0 aliphatic carbocycles. The smallest absolute Gasteiger partial charge is 0.0701 e. The zero-order chi connectivity index (χ0) is 7.72. The van der Waals surface area contributed by atoms with Crippen LogP contribution in [0.2, 0.25) is 0 Å². The van der Waals surface area contributed by atoms with E-state index in [0.717, 1.165) is 0 Å². The highest BCUT2D eigenvalue weighted by Gasteiger charge is 2.26. The van der Waals surface area contributed by atoms with E-state index in [1.165, 1.54) is 0 Å². The number of ether oxygens (including phenoxy) is 1. The third-order valence-corrected chi connectivity index (χ3v) is 2.36. The Morgan fingerprint density at radius 3 is 1.60 bits per heavy atom. The molecule has 0 radical (unpaired) electrons. The molecule has 10 heavy (non-hydrogen) atoms. The van der Waals surface area contributed by atoms with Crippen molar-refractivity contribution in [2.75, 3.05) is 0 Å². The van der Waals surface area contributed by atoms with Gasteiger partial charge in [-0.15, -0.1) is 0 Å². The number of hydrogen-bond acceptors (Lipinski definition) is 2. The molecule has 4 atom stereocenters. The van der Waals surface area contributed by atoms with Crippen molar-refractivity contribution in [2.24, 2.45) is 0 Å². The second-order valence-electron chi connectivity index (χ2n) is 3.29. The van der Waals surface area contributed by atoms with E-state index in [1.54, 1.807) is 0 Å². The summed E-state index contributed by atoms with van der Waals surface area (Å²) in [5.41, 5.74) is 0. The fourth-order valence-electron chi connectivity index (χ4n) is 1.26. The lowest BCUT2D eigenvalue weighted by molar-refractivity contribution is -0.0620. The average molecular weight is 143 g/mol. The van der Waals surface area contributed by atoms with E-state index in [-0.39, 0.29) is 0 Å². The fraction of sp³-hybridized carbons (Fsp3) is 1.00. The number of nitrogens with one attached hydrogen (secondary N) is 1. The van der Waals surface area contributed by atoms with Crippen molar-refractivity contribution in [1.82, 2.24) is 5.32 Å². The lowest BCUT2D eigenvalue weighted by Crippen LogP contribution is -2.54.